The first-order chi connectivity index (χ1) is 12.4. The molecule has 0 unspecified atom stereocenters. The quantitative estimate of drug-likeness (QED) is 0.530. The topological polar surface area (TPSA) is 83.8 Å². The van der Waals surface area contributed by atoms with Crippen LogP contribution < -0.4 is 5.32 Å². The minimum Gasteiger partial charge on any atom is -0.325 e. The molecule has 0 saturated heterocycles. The van der Waals surface area contributed by atoms with E-state index in [2.05, 4.69) is 25.6 Å². The summed E-state index contributed by atoms with van der Waals surface area (Å²) in [5, 5.41) is 15.8. The van der Waals surface area contributed by atoms with E-state index in [4.69, 9.17) is 4.98 Å². The number of rotatable bonds is 3. The Morgan fingerprint density at radius 1 is 1.00 bits per heavy atom. The van der Waals surface area contributed by atoms with Crippen LogP contribution in [0.4, 0.5) is 11.6 Å². The molecule has 0 aliphatic carbocycles. The van der Waals surface area contributed by atoms with Gasteiger partial charge in [-0.25, -0.2) is 9.97 Å². The number of aromatic amines is 1. The lowest BCUT2D eigenvalue weighted by Gasteiger charge is -2.10. The molecule has 0 spiro atoms. The summed E-state index contributed by atoms with van der Waals surface area (Å²) in [6, 6.07) is 15.7. The lowest BCUT2D eigenvalue weighted by Crippen LogP contribution is -2.03. The molecule has 1 aromatic carbocycles. The highest BCUT2D eigenvalue weighted by Crippen LogP contribution is 2.26. The molecule has 0 radical (unpaired) electrons. The average Bonchev–Trinajstić information content (AvgIpc) is 3.31. The second-order valence-electron chi connectivity index (χ2n) is 5.64. The van der Waals surface area contributed by atoms with E-state index >= 15 is 0 Å². The first kappa shape index (κ1) is 13.7. The van der Waals surface area contributed by atoms with Crippen molar-refractivity contribution < 1.29 is 0 Å². The minimum absolute atomic E-state index is 0.750. The molecule has 0 saturated carbocycles. The van der Waals surface area contributed by atoms with E-state index < -0.39 is 0 Å². The smallest absolute Gasteiger partial charge is 0.157 e. The number of nitrogens with one attached hydrogen (secondary N) is 2. The standard InChI is InChI=1S/C18H13N7/c1-2-7-19-16(3-1)23-18-10-14(22-17-6-8-21-25(17)18)12-4-5-13-11-20-24-15(13)9-12/h1-11H,(H,19,23)(H,20,24). The Hall–Kier alpha value is -3.74. The van der Waals surface area contributed by atoms with Crippen molar-refractivity contribution in [1.82, 2.24) is 29.8 Å². The Balaban J connectivity index is 1.66. The van der Waals surface area contributed by atoms with Crippen LogP contribution in [0.5, 0.6) is 0 Å². The maximum Gasteiger partial charge on any atom is 0.157 e. The number of hydrogen-bond acceptors (Lipinski definition) is 5. The molecule has 0 amide bonds. The molecule has 0 atom stereocenters. The third-order valence-corrected chi connectivity index (χ3v) is 4.02. The first-order valence-corrected chi connectivity index (χ1v) is 7.83. The van der Waals surface area contributed by atoms with E-state index in [9.17, 15) is 0 Å². The van der Waals surface area contributed by atoms with Crippen molar-refractivity contribution in [3.8, 4) is 11.3 Å². The zero-order valence-electron chi connectivity index (χ0n) is 13.1. The molecule has 120 valence electrons. The third-order valence-electron chi connectivity index (χ3n) is 4.02. The van der Waals surface area contributed by atoms with Crippen molar-refractivity contribution >= 4 is 28.2 Å². The zero-order valence-corrected chi connectivity index (χ0v) is 13.1. The maximum absolute atomic E-state index is 4.70. The number of aromatic nitrogens is 6. The summed E-state index contributed by atoms with van der Waals surface area (Å²) in [6.45, 7) is 0. The Bertz CT molecular complexity index is 1170. The van der Waals surface area contributed by atoms with E-state index in [-0.39, 0.29) is 0 Å². The molecule has 5 rings (SSSR count). The summed E-state index contributed by atoms with van der Waals surface area (Å²) in [5.74, 6) is 1.55. The summed E-state index contributed by atoms with van der Waals surface area (Å²) in [4.78, 5) is 9.02. The van der Waals surface area contributed by atoms with Gasteiger partial charge in [0.2, 0.25) is 0 Å². The van der Waals surface area contributed by atoms with E-state index in [1.807, 2.05) is 48.5 Å². The molecular weight excluding hydrogens is 314 g/mol. The van der Waals surface area contributed by atoms with Crippen molar-refractivity contribution in [3.05, 3.63) is 67.1 Å². The number of benzene rings is 1. The van der Waals surface area contributed by atoms with Gasteiger partial charge >= 0.3 is 0 Å². The largest absolute Gasteiger partial charge is 0.325 e. The Morgan fingerprint density at radius 3 is 2.92 bits per heavy atom. The second-order valence-corrected chi connectivity index (χ2v) is 5.64. The van der Waals surface area contributed by atoms with E-state index in [0.717, 1.165) is 39.4 Å². The number of pyridine rings is 1. The molecule has 0 fully saturated rings. The summed E-state index contributed by atoms with van der Waals surface area (Å²) < 4.78 is 1.76. The first-order valence-electron chi connectivity index (χ1n) is 7.83. The van der Waals surface area contributed by atoms with Gasteiger partial charge in [-0.15, -0.1) is 0 Å². The molecule has 4 heterocycles. The van der Waals surface area contributed by atoms with Crippen LogP contribution in [0.15, 0.2) is 67.1 Å². The Morgan fingerprint density at radius 2 is 2.00 bits per heavy atom. The number of fused-ring (bicyclic) bond motifs is 2. The highest BCUT2D eigenvalue weighted by Gasteiger charge is 2.10. The lowest BCUT2D eigenvalue weighted by molar-refractivity contribution is 0.947. The van der Waals surface area contributed by atoms with Crippen LogP contribution in [0, 0.1) is 0 Å². The van der Waals surface area contributed by atoms with Crippen LogP contribution in [0.3, 0.4) is 0 Å². The van der Waals surface area contributed by atoms with Gasteiger partial charge in [0, 0.05) is 29.3 Å². The van der Waals surface area contributed by atoms with Crippen molar-refractivity contribution in [2.75, 3.05) is 5.32 Å². The molecule has 7 nitrogen and oxygen atoms in total. The SMILES string of the molecule is c1ccc(Nc2cc(-c3ccc4cn[nH]c4c3)nc3ccnn23)nc1. The fourth-order valence-corrected chi connectivity index (χ4v) is 2.81. The summed E-state index contributed by atoms with van der Waals surface area (Å²) >= 11 is 0. The van der Waals surface area contributed by atoms with Crippen molar-refractivity contribution in [2.24, 2.45) is 0 Å². The summed E-state index contributed by atoms with van der Waals surface area (Å²) in [7, 11) is 0. The molecule has 7 heteroatoms. The second kappa shape index (κ2) is 5.41. The summed E-state index contributed by atoms with van der Waals surface area (Å²) in [5.41, 5.74) is 3.60. The van der Waals surface area contributed by atoms with Crippen LogP contribution in [0.25, 0.3) is 27.8 Å². The predicted octanol–water partition coefficient (Wildman–Crippen LogP) is 3.41. The Labute approximate surface area is 142 Å². The van der Waals surface area contributed by atoms with Crippen LogP contribution in [-0.2, 0) is 0 Å². The summed E-state index contributed by atoms with van der Waals surface area (Å²) in [6.07, 6.45) is 5.28. The van der Waals surface area contributed by atoms with Gasteiger partial charge in [0.25, 0.3) is 0 Å². The number of hydrogen-bond donors (Lipinski definition) is 2. The number of H-pyrrole nitrogens is 1. The fourth-order valence-electron chi connectivity index (χ4n) is 2.81. The monoisotopic (exact) mass is 327 g/mol. The van der Waals surface area contributed by atoms with Crippen molar-refractivity contribution in [3.63, 3.8) is 0 Å². The minimum atomic E-state index is 0.750. The predicted molar refractivity (Wildman–Crippen MR) is 95.6 cm³/mol. The van der Waals surface area contributed by atoms with Gasteiger partial charge < -0.3 is 5.32 Å². The van der Waals surface area contributed by atoms with E-state index in [1.165, 1.54) is 0 Å². The van der Waals surface area contributed by atoms with Gasteiger partial charge in [-0.1, -0.05) is 18.2 Å². The van der Waals surface area contributed by atoms with Crippen LogP contribution in [0.1, 0.15) is 0 Å². The van der Waals surface area contributed by atoms with Crippen molar-refractivity contribution in [1.29, 1.82) is 0 Å². The normalized spacial score (nSPS) is 11.2. The van der Waals surface area contributed by atoms with Crippen molar-refractivity contribution in [2.45, 2.75) is 0 Å². The van der Waals surface area contributed by atoms with Crippen LogP contribution in [-0.4, -0.2) is 29.8 Å². The van der Waals surface area contributed by atoms with E-state index in [1.54, 1.807) is 23.1 Å². The number of anilines is 2. The average molecular weight is 327 g/mol. The molecule has 4 aromatic heterocycles. The van der Waals surface area contributed by atoms with Crippen LogP contribution >= 0.6 is 0 Å². The van der Waals surface area contributed by atoms with Gasteiger partial charge in [-0.05, 0) is 18.2 Å². The van der Waals surface area contributed by atoms with Gasteiger partial charge in [0.05, 0.1) is 23.6 Å². The molecule has 5 aromatic rings. The zero-order chi connectivity index (χ0) is 16.6. The molecule has 0 aliphatic heterocycles. The maximum atomic E-state index is 4.70. The highest BCUT2D eigenvalue weighted by molar-refractivity contribution is 5.83. The van der Waals surface area contributed by atoms with Gasteiger partial charge in [0.15, 0.2) is 5.65 Å². The lowest BCUT2D eigenvalue weighted by atomic mass is 10.1. The Kier molecular flexibility index (Phi) is 2.96. The third kappa shape index (κ3) is 2.38. The molecular formula is C18H13N7. The highest BCUT2D eigenvalue weighted by atomic mass is 15.3. The van der Waals surface area contributed by atoms with Gasteiger partial charge in [0.1, 0.15) is 11.6 Å². The van der Waals surface area contributed by atoms with E-state index in [0.29, 0.717) is 0 Å². The fraction of sp³-hybridized carbons (Fsp3) is 0. The molecule has 0 aliphatic rings. The number of nitrogens with zero attached hydrogens (tertiary/aromatic N) is 5. The van der Waals surface area contributed by atoms with Gasteiger partial charge in [-0.3, -0.25) is 5.10 Å². The van der Waals surface area contributed by atoms with Crippen LogP contribution in [0.2, 0.25) is 0 Å². The molecule has 2 N–H and O–H groups in total. The molecule has 0 bridgehead atoms. The van der Waals surface area contributed by atoms with Gasteiger partial charge in [-0.2, -0.15) is 14.7 Å². The molecule has 25 heavy (non-hydrogen) atoms.